The molecule has 0 aliphatic carbocycles. The molecule has 0 atom stereocenters. The molecule has 1 aromatic heterocycles. The summed E-state index contributed by atoms with van der Waals surface area (Å²) in [7, 11) is 0. The molecule has 128 valence electrons. The normalized spacial score (nSPS) is 11.5. The minimum absolute atomic E-state index is 0.603. The van der Waals surface area contributed by atoms with Crippen LogP contribution in [0.3, 0.4) is 0 Å². The molecule has 0 saturated carbocycles. The lowest BCUT2D eigenvalue weighted by Crippen LogP contribution is -2.01. The standard InChI is InChI=1S/C21H27NO2/c1-8-18(9-2)23-19-12-16(6)22-21(17(19)7)24-20-14(4)10-13(3)11-15(20)5/h8,10-12H,9H2,1-7H3/b18-8+. The highest BCUT2D eigenvalue weighted by Crippen LogP contribution is 2.34. The Kier molecular flexibility index (Phi) is 5.66. The van der Waals surface area contributed by atoms with E-state index in [-0.39, 0.29) is 0 Å². The zero-order valence-electron chi connectivity index (χ0n) is 15.8. The monoisotopic (exact) mass is 325 g/mol. The van der Waals surface area contributed by atoms with E-state index in [4.69, 9.17) is 9.47 Å². The minimum atomic E-state index is 0.603. The van der Waals surface area contributed by atoms with Crippen LogP contribution in [0.25, 0.3) is 0 Å². The lowest BCUT2D eigenvalue weighted by molar-refractivity contribution is 0.394. The van der Waals surface area contributed by atoms with Gasteiger partial charge < -0.3 is 9.47 Å². The molecule has 0 aliphatic rings. The first-order chi connectivity index (χ1) is 11.3. The zero-order valence-corrected chi connectivity index (χ0v) is 15.8. The van der Waals surface area contributed by atoms with E-state index in [1.54, 1.807) is 0 Å². The van der Waals surface area contributed by atoms with Crippen LogP contribution in [0, 0.1) is 34.6 Å². The fourth-order valence-corrected chi connectivity index (χ4v) is 2.79. The summed E-state index contributed by atoms with van der Waals surface area (Å²) in [6.45, 7) is 14.2. The predicted octanol–water partition coefficient (Wildman–Crippen LogP) is 6.11. The van der Waals surface area contributed by atoms with Gasteiger partial charge in [-0.15, -0.1) is 0 Å². The summed E-state index contributed by atoms with van der Waals surface area (Å²) in [6.07, 6.45) is 2.84. The van der Waals surface area contributed by atoms with Gasteiger partial charge in [-0.1, -0.05) is 24.6 Å². The van der Waals surface area contributed by atoms with Crippen LogP contribution in [0.2, 0.25) is 0 Å². The molecule has 0 fully saturated rings. The Labute approximate surface area is 145 Å². The molecule has 0 amide bonds. The van der Waals surface area contributed by atoms with Gasteiger partial charge in [-0.3, -0.25) is 0 Å². The Bertz CT molecular complexity index is 753. The first-order valence-corrected chi connectivity index (χ1v) is 8.42. The van der Waals surface area contributed by atoms with Gasteiger partial charge in [-0.2, -0.15) is 0 Å². The second kappa shape index (κ2) is 7.52. The maximum absolute atomic E-state index is 6.19. The Balaban J connectivity index is 2.43. The smallest absolute Gasteiger partial charge is 0.226 e. The van der Waals surface area contributed by atoms with Gasteiger partial charge in [-0.05, 0) is 58.7 Å². The number of pyridine rings is 1. The second-order valence-corrected chi connectivity index (χ2v) is 6.23. The summed E-state index contributed by atoms with van der Waals surface area (Å²) in [5, 5.41) is 0. The van der Waals surface area contributed by atoms with Crippen molar-refractivity contribution in [2.75, 3.05) is 0 Å². The van der Waals surface area contributed by atoms with Gasteiger partial charge in [0, 0.05) is 18.2 Å². The number of allylic oxidation sites excluding steroid dienone is 2. The zero-order chi connectivity index (χ0) is 17.9. The Hall–Kier alpha value is -2.29. The van der Waals surface area contributed by atoms with E-state index in [0.717, 1.165) is 46.1 Å². The van der Waals surface area contributed by atoms with Gasteiger partial charge in [-0.25, -0.2) is 4.98 Å². The first kappa shape index (κ1) is 18.1. The summed E-state index contributed by atoms with van der Waals surface area (Å²) in [5.74, 6) is 3.22. The Morgan fingerprint density at radius 1 is 1.04 bits per heavy atom. The molecular weight excluding hydrogens is 298 g/mol. The summed E-state index contributed by atoms with van der Waals surface area (Å²) in [6, 6.07) is 6.20. The van der Waals surface area contributed by atoms with Crippen LogP contribution in [0.4, 0.5) is 0 Å². The lowest BCUT2D eigenvalue weighted by Gasteiger charge is -2.17. The fraction of sp³-hybridized carbons (Fsp3) is 0.381. The van der Waals surface area contributed by atoms with Crippen LogP contribution in [0.5, 0.6) is 17.4 Å². The van der Waals surface area contributed by atoms with Crippen molar-refractivity contribution in [2.45, 2.75) is 54.9 Å². The molecule has 0 radical (unpaired) electrons. The van der Waals surface area contributed by atoms with Crippen molar-refractivity contribution < 1.29 is 9.47 Å². The van der Waals surface area contributed by atoms with Gasteiger partial charge in [0.15, 0.2) is 0 Å². The number of aromatic nitrogens is 1. The number of benzene rings is 1. The number of rotatable bonds is 5. The number of hydrogen-bond donors (Lipinski definition) is 0. The molecule has 0 saturated heterocycles. The van der Waals surface area contributed by atoms with E-state index < -0.39 is 0 Å². The van der Waals surface area contributed by atoms with Crippen LogP contribution in [-0.4, -0.2) is 4.98 Å². The minimum Gasteiger partial charge on any atom is -0.462 e. The summed E-state index contributed by atoms with van der Waals surface area (Å²) >= 11 is 0. The molecule has 0 N–H and O–H groups in total. The van der Waals surface area contributed by atoms with Crippen LogP contribution < -0.4 is 9.47 Å². The third-order valence-electron chi connectivity index (χ3n) is 4.02. The Morgan fingerprint density at radius 2 is 1.67 bits per heavy atom. The van der Waals surface area contributed by atoms with Crippen molar-refractivity contribution in [3.05, 3.63) is 58.0 Å². The molecule has 1 aromatic carbocycles. The second-order valence-electron chi connectivity index (χ2n) is 6.23. The van der Waals surface area contributed by atoms with Crippen LogP contribution in [-0.2, 0) is 0 Å². The molecule has 1 heterocycles. The molecule has 0 aliphatic heterocycles. The van der Waals surface area contributed by atoms with Crippen molar-refractivity contribution in [1.29, 1.82) is 0 Å². The largest absolute Gasteiger partial charge is 0.462 e. The van der Waals surface area contributed by atoms with Crippen molar-refractivity contribution in [2.24, 2.45) is 0 Å². The van der Waals surface area contributed by atoms with Gasteiger partial charge >= 0.3 is 0 Å². The molecular formula is C21H27NO2. The maximum Gasteiger partial charge on any atom is 0.226 e. The number of ether oxygens (including phenoxy) is 2. The number of hydrogen-bond acceptors (Lipinski definition) is 3. The van der Waals surface area contributed by atoms with Crippen molar-refractivity contribution in [3.8, 4) is 17.4 Å². The number of nitrogens with zero attached hydrogens (tertiary/aromatic N) is 1. The Morgan fingerprint density at radius 3 is 2.21 bits per heavy atom. The predicted molar refractivity (Wildman–Crippen MR) is 99.1 cm³/mol. The van der Waals surface area contributed by atoms with Crippen LogP contribution in [0.1, 0.15) is 48.2 Å². The average Bonchev–Trinajstić information content (AvgIpc) is 2.52. The van der Waals surface area contributed by atoms with Crippen molar-refractivity contribution >= 4 is 0 Å². The molecule has 2 aromatic rings. The fourth-order valence-electron chi connectivity index (χ4n) is 2.79. The van der Waals surface area contributed by atoms with Crippen molar-refractivity contribution in [3.63, 3.8) is 0 Å². The maximum atomic E-state index is 6.19. The molecule has 0 spiro atoms. The average molecular weight is 325 g/mol. The van der Waals surface area contributed by atoms with E-state index in [1.807, 2.05) is 32.9 Å². The van der Waals surface area contributed by atoms with Gasteiger partial charge in [0.05, 0.1) is 11.3 Å². The van der Waals surface area contributed by atoms with E-state index in [1.165, 1.54) is 5.56 Å². The van der Waals surface area contributed by atoms with E-state index in [0.29, 0.717) is 5.88 Å². The molecule has 3 nitrogen and oxygen atoms in total. The molecule has 0 bridgehead atoms. The van der Waals surface area contributed by atoms with E-state index in [2.05, 4.69) is 44.8 Å². The van der Waals surface area contributed by atoms with Crippen LogP contribution >= 0.6 is 0 Å². The third kappa shape index (κ3) is 3.97. The van der Waals surface area contributed by atoms with Crippen LogP contribution in [0.15, 0.2) is 30.0 Å². The first-order valence-electron chi connectivity index (χ1n) is 8.42. The summed E-state index contributed by atoms with van der Waals surface area (Å²) < 4.78 is 12.2. The lowest BCUT2D eigenvalue weighted by atomic mass is 10.1. The highest BCUT2D eigenvalue weighted by Gasteiger charge is 2.14. The van der Waals surface area contributed by atoms with E-state index in [9.17, 15) is 0 Å². The third-order valence-corrected chi connectivity index (χ3v) is 4.02. The molecule has 24 heavy (non-hydrogen) atoms. The number of aryl methyl sites for hydroxylation is 4. The topological polar surface area (TPSA) is 31.4 Å². The van der Waals surface area contributed by atoms with Gasteiger partial charge in [0.25, 0.3) is 0 Å². The van der Waals surface area contributed by atoms with Gasteiger partial charge in [0.2, 0.25) is 5.88 Å². The summed E-state index contributed by atoms with van der Waals surface area (Å²) in [5.41, 5.74) is 5.24. The summed E-state index contributed by atoms with van der Waals surface area (Å²) in [4.78, 5) is 4.57. The SMILES string of the molecule is C/C=C(\CC)Oc1cc(C)nc(Oc2c(C)cc(C)cc2C)c1C. The van der Waals surface area contributed by atoms with Gasteiger partial charge in [0.1, 0.15) is 11.5 Å². The molecule has 2 rings (SSSR count). The highest BCUT2D eigenvalue weighted by molar-refractivity contribution is 5.48. The van der Waals surface area contributed by atoms with Crippen molar-refractivity contribution in [1.82, 2.24) is 4.98 Å². The van der Waals surface area contributed by atoms with E-state index >= 15 is 0 Å². The molecule has 0 unspecified atom stereocenters. The molecule has 3 heteroatoms. The quantitative estimate of drug-likeness (QED) is 0.622. The highest BCUT2D eigenvalue weighted by atomic mass is 16.5.